The van der Waals surface area contributed by atoms with Gasteiger partial charge in [0.2, 0.25) is 0 Å². The molecule has 1 aromatic heterocycles. The monoisotopic (exact) mass is 559 g/mol. The molecule has 4 aromatic rings. The molecule has 10 heteroatoms. The minimum Gasteiger partial charge on any atom is -0.392 e. The molecule has 2 amide bonds. The third-order valence-electron chi connectivity index (χ3n) is 6.90. The van der Waals surface area contributed by atoms with E-state index in [2.05, 4.69) is 32.7 Å². The number of H-pyrrole nitrogens is 1. The van der Waals surface area contributed by atoms with Crippen molar-refractivity contribution < 1.29 is 19.4 Å². The molecule has 1 aliphatic heterocycles. The number of aromatic nitrogens is 3. The van der Waals surface area contributed by atoms with Gasteiger partial charge in [0.1, 0.15) is 6.33 Å². The highest BCUT2D eigenvalue weighted by Crippen LogP contribution is 2.42. The van der Waals surface area contributed by atoms with Gasteiger partial charge in [-0.2, -0.15) is 5.10 Å². The normalized spacial score (nSPS) is 20.6. The van der Waals surface area contributed by atoms with Crippen LogP contribution in [0.5, 0.6) is 0 Å². The maximum atomic E-state index is 12.2. The number of carbonyl (C=O) groups excluding carboxylic acids is 1. The summed E-state index contributed by atoms with van der Waals surface area (Å²) in [6, 6.07) is 25.3. The lowest BCUT2D eigenvalue weighted by molar-refractivity contribution is -0.268. The number of urea groups is 1. The van der Waals surface area contributed by atoms with E-state index >= 15 is 0 Å². The second-order valence-electron chi connectivity index (χ2n) is 9.69. The molecule has 0 spiro atoms. The summed E-state index contributed by atoms with van der Waals surface area (Å²) in [5.41, 5.74) is 4.81. The molecule has 9 nitrogen and oxygen atoms in total. The SMILES string of the molecule is CC1C(CSc2ncn[nH]2)OC(c2ccc(CNC(=O)NCc3ccccc3)cc2)OC1c1ccc(CO)cc1. The largest absolute Gasteiger partial charge is 0.392 e. The van der Waals surface area contributed by atoms with Crippen molar-refractivity contribution in [1.82, 2.24) is 25.8 Å². The Bertz CT molecular complexity index is 1340. The van der Waals surface area contributed by atoms with Crippen LogP contribution in [0.2, 0.25) is 0 Å². The number of aliphatic hydroxyl groups excluding tert-OH is 1. The fraction of sp³-hybridized carbons (Fsp3) is 0.300. The number of amides is 2. The van der Waals surface area contributed by atoms with Gasteiger partial charge in [-0.25, -0.2) is 9.78 Å². The number of ether oxygens (including phenoxy) is 2. The van der Waals surface area contributed by atoms with E-state index in [-0.39, 0.29) is 30.8 Å². The molecule has 1 fully saturated rings. The first-order valence-corrected chi connectivity index (χ1v) is 14.2. The lowest BCUT2D eigenvalue weighted by atomic mass is 9.91. The number of thioether (sulfide) groups is 1. The van der Waals surface area contributed by atoms with E-state index in [0.717, 1.165) is 33.0 Å². The van der Waals surface area contributed by atoms with Crippen LogP contribution in [0.1, 0.15) is 47.1 Å². The summed E-state index contributed by atoms with van der Waals surface area (Å²) in [6.07, 6.45) is 0.636. The van der Waals surface area contributed by atoms with E-state index in [0.29, 0.717) is 18.8 Å². The Balaban J connectivity index is 1.23. The maximum Gasteiger partial charge on any atom is 0.315 e. The number of nitrogens with zero attached hydrogens (tertiary/aromatic N) is 2. The number of rotatable bonds is 10. The number of aliphatic hydroxyl groups is 1. The predicted octanol–water partition coefficient (Wildman–Crippen LogP) is 4.88. The molecule has 0 radical (unpaired) electrons. The molecule has 4 unspecified atom stereocenters. The van der Waals surface area contributed by atoms with Crippen molar-refractivity contribution in [3.8, 4) is 0 Å². The fourth-order valence-electron chi connectivity index (χ4n) is 4.55. The van der Waals surface area contributed by atoms with E-state index in [1.165, 1.54) is 6.33 Å². The van der Waals surface area contributed by atoms with Crippen LogP contribution in [0.25, 0.3) is 0 Å². The smallest absolute Gasteiger partial charge is 0.315 e. The van der Waals surface area contributed by atoms with Gasteiger partial charge in [0, 0.05) is 30.3 Å². The van der Waals surface area contributed by atoms with Gasteiger partial charge in [0.15, 0.2) is 11.4 Å². The van der Waals surface area contributed by atoms with Crippen molar-refractivity contribution in [2.24, 2.45) is 5.92 Å². The second-order valence-corrected chi connectivity index (χ2v) is 10.7. The topological polar surface area (TPSA) is 121 Å². The summed E-state index contributed by atoms with van der Waals surface area (Å²) in [6.45, 7) is 3.00. The average molecular weight is 560 g/mol. The molecule has 0 bridgehead atoms. The Morgan fingerprint density at radius 1 is 0.900 bits per heavy atom. The summed E-state index contributed by atoms with van der Waals surface area (Å²) < 4.78 is 13.0. The highest BCUT2D eigenvalue weighted by Gasteiger charge is 2.38. The Morgan fingerprint density at radius 3 is 2.20 bits per heavy atom. The predicted molar refractivity (Wildman–Crippen MR) is 152 cm³/mol. The molecule has 3 aromatic carbocycles. The Hall–Kier alpha value is -3.70. The van der Waals surface area contributed by atoms with Crippen molar-refractivity contribution in [2.75, 3.05) is 5.75 Å². The van der Waals surface area contributed by atoms with Crippen LogP contribution in [0, 0.1) is 5.92 Å². The van der Waals surface area contributed by atoms with Crippen molar-refractivity contribution in [2.45, 2.75) is 50.3 Å². The molecule has 5 rings (SSSR count). The molecule has 2 heterocycles. The average Bonchev–Trinajstić information content (AvgIpc) is 3.53. The first-order valence-electron chi connectivity index (χ1n) is 13.2. The summed E-state index contributed by atoms with van der Waals surface area (Å²) in [5, 5.41) is 22.8. The number of benzene rings is 3. The Morgan fingerprint density at radius 2 is 1.55 bits per heavy atom. The zero-order chi connectivity index (χ0) is 27.7. The number of nitrogens with one attached hydrogen (secondary N) is 3. The van der Waals surface area contributed by atoms with Gasteiger partial charge in [-0.05, 0) is 22.3 Å². The van der Waals surface area contributed by atoms with E-state index in [1.807, 2.05) is 78.9 Å². The van der Waals surface area contributed by atoms with Crippen LogP contribution in [-0.2, 0) is 29.2 Å². The maximum absolute atomic E-state index is 12.2. The molecule has 1 saturated heterocycles. The highest BCUT2D eigenvalue weighted by atomic mass is 32.2. The van der Waals surface area contributed by atoms with Crippen LogP contribution in [-0.4, -0.2) is 38.2 Å². The van der Waals surface area contributed by atoms with Crippen molar-refractivity contribution in [3.05, 3.63) is 113 Å². The van der Waals surface area contributed by atoms with Crippen LogP contribution >= 0.6 is 11.8 Å². The van der Waals surface area contributed by atoms with E-state index in [4.69, 9.17) is 9.47 Å². The lowest BCUT2D eigenvalue weighted by Crippen LogP contribution is -2.38. The van der Waals surface area contributed by atoms with Crippen LogP contribution in [0.3, 0.4) is 0 Å². The van der Waals surface area contributed by atoms with Gasteiger partial charge >= 0.3 is 6.03 Å². The second kappa shape index (κ2) is 13.6. The molecule has 1 aliphatic rings. The summed E-state index contributed by atoms with van der Waals surface area (Å²) in [7, 11) is 0. The van der Waals surface area contributed by atoms with Crippen LogP contribution < -0.4 is 10.6 Å². The van der Waals surface area contributed by atoms with Gasteiger partial charge in [0.05, 0.1) is 18.8 Å². The number of aromatic amines is 1. The third kappa shape index (κ3) is 7.28. The quantitative estimate of drug-likeness (QED) is 0.204. The minimum atomic E-state index is -0.560. The molecule has 4 atom stereocenters. The summed E-state index contributed by atoms with van der Waals surface area (Å²) >= 11 is 1.56. The number of hydrogen-bond acceptors (Lipinski definition) is 7. The van der Waals surface area contributed by atoms with Crippen molar-refractivity contribution in [3.63, 3.8) is 0 Å². The van der Waals surface area contributed by atoms with Crippen molar-refractivity contribution in [1.29, 1.82) is 0 Å². The number of hydrogen-bond donors (Lipinski definition) is 4. The summed E-state index contributed by atoms with van der Waals surface area (Å²) in [5.74, 6) is 0.756. The highest BCUT2D eigenvalue weighted by molar-refractivity contribution is 7.99. The molecule has 4 N–H and O–H groups in total. The van der Waals surface area contributed by atoms with Gasteiger partial charge in [-0.1, -0.05) is 97.5 Å². The zero-order valence-electron chi connectivity index (χ0n) is 22.2. The minimum absolute atomic E-state index is 0.000563. The molecule has 0 aliphatic carbocycles. The van der Waals surface area contributed by atoms with Gasteiger partial charge in [0.25, 0.3) is 0 Å². The molecular weight excluding hydrogens is 526 g/mol. The Labute approximate surface area is 237 Å². The van der Waals surface area contributed by atoms with Crippen LogP contribution in [0.15, 0.2) is 90.3 Å². The first-order chi connectivity index (χ1) is 19.6. The fourth-order valence-corrected chi connectivity index (χ4v) is 5.49. The summed E-state index contributed by atoms with van der Waals surface area (Å²) in [4.78, 5) is 16.5. The van der Waals surface area contributed by atoms with Gasteiger partial charge in [-0.3, -0.25) is 5.10 Å². The van der Waals surface area contributed by atoms with Crippen molar-refractivity contribution >= 4 is 17.8 Å². The molecule has 40 heavy (non-hydrogen) atoms. The number of carbonyl (C=O) groups is 1. The molecular formula is C30H33N5O4S. The van der Waals surface area contributed by atoms with Crippen LogP contribution in [0.4, 0.5) is 4.79 Å². The van der Waals surface area contributed by atoms with E-state index in [9.17, 15) is 9.90 Å². The Kier molecular flexibility index (Phi) is 9.46. The van der Waals surface area contributed by atoms with Gasteiger partial charge < -0.3 is 25.2 Å². The molecule has 208 valence electrons. The molecule has 0 saturated carbocycles. The van der Waals surface area contributed by atoms with Gasteiger partial charge in [-0.15, -0.1) is 0 Å². The first kappa shape index (κ1) is 27.9. The standard InChI is InChI=1S/C30H33N5O4S/c1-20-26(18-40-30-33-19-34-35-30)38-28(39-27(20)24-11-9-23(17-36)10-12-24)25-13-7-22(8-14-25)16-32-29(37)31-15-21-5-3-2-4-6-21/h2-14,19-20,26-28,36H,15-18H2,1H3,(H2,31,32,37)(H,33,34,35). The third-order valence-corrected chi connectivity index (χ3v) is 7.87. The van der Waals surface area contributed by atoms with E-state index in [1.54, 1.807) is 11.8 Å². The zero-order valence-corrected chi connectivity index (χ0v) is 23.0. The lowest BCUT2D eigenvalue weighted by Gasteiger charge is -2.41. The van der Waals surface area contributed by atoms with E-state index < -0.39 is 6.29 Å².